The van der Waals surface area contributed by atoms with Crippen molar-refractivity contribution in [3.05, 3.63) is 29.3 Å². The minimum Gasteiger partial charge on any atom is -0.493 e. The molecule has 4 nitrogen and oxygen atoms in total. The lowest BCUT2D eigenvalue weighted by Gasteiger charge is -2.26. The van der Waals surface area contributed by atoms with Crippen molar-refractivity contribution in [1.29, 1.82) is 0 Å². The van der Waals surface area contributed by atoms with E-state index in [4.69, 9.17) is 10.5 Å². The number of carbonyl (C=O) groups excluding carboxylic acids is 1. The van der Waals surface area contributed by atoms with Crippen LogP contribution in [0.2, 0.25) is 0 Å². The fourth-order valence-corrected chi connectivity index (χ4v) is 2.35. The van der Waals surface area contributed by atoms with Crippen LogP contribution in [0.15, 0.2) is 18.2 Å². The van der Waals surface area contributed by atoms with Crippen LogP contribution in [0.5, 0.6) is 5.75 Å². The molecule has 2 rings (SSSR count). The molecule has 0 unspecified atom stereocenters. The van der Waals surface area contributed by atoms with E-state index in [9.17, 15) is 4.79 Å². The summed E-state index contributed by atoms with van der Waals surface area (Å²) in [6.45, 7) is 4.83. The second kappa shape index (κ2) is 5.21. The molecule has 19 heavy (non-hydrogen) atoms. The van der Waals surface area contributed by atoms with Crippen molar-refractivity contribution in [1.82, 2.24) is 4.90 Å². The molecule has 0 saturated carbocycles. The van der Waals surface area contributed by atoms with Gasteiger partial charge in [0.15, 0.2) is 0 Å². The fourth-order valence-electron chi connectivity index (χ4n) is 2.35. The molecule has 4 heteroatoms. The average Bonchev–Trinajstić information content (AvgIpc) is 2.36. The maximum Gasteiger partial charge on any atom is 0.242 e. The van der Waals surface area contributed by atoms with Gasteiger partial charge in [0.1, 0.15) is 5.75 Å². The number of hydrogen-bond donors (Lipinski definition) is 1. The summed E-state index contributed by atoms with van der Waals surface area (Å²) in [5.41, 5.74) is 7.35. The smallest absolute Gasteiger partial charge is 0.242 e. The second-order valence-corrected chi connectivity index (χ2v) is 5.78. The standard InChI is InChI=1S/C15H22N2O2/c1-15(2,16)14(18)17(3)10-11-6-7-13-12(9-11)5-4-8-19-13/h6-7,9H,4-5,8,10,16H2,1-3H3. The van der Waals surface area contributed by atoms with Crippen LogP contribution in [0, 0.1) is 0 Å². The Bertz CT molecular complexity index is 478. The van der Waals surface area contributed by atoms with Gasteiger partial charge in [-0.15, -0.1) is 0 Å². The van der Waals surface area contributed by atoms with E-state index >= 15 is 0 Å². The van der Waals surface area contributed by atoms with Crippen molar-refractivity contribution in [3.8, 4) is 5.75 Å². The monoisotopic (exact) mass is 262 g/mol. The van der Waals surface area contributed by atoms with Crippen LogP contribution in [0.1, 0.15) is 31.4 Å². The molecule has 1 heterocycles. The third-order valence-corrected chi connectivity index (χ3v) is 3.29. The van der Waals surface area contributed by atoms with Gasteiger partial charge in [-0.2, -0.15) is 0 Å². The summed E-state index contributed by atoms with van der Waals surface area (Å²) in [6, 6.07) is 6.13. The number of aryl methyl sites for hydroxylation is 1. The van der Waals surface area contributed by atoms with Crippen molar-refractivity contribution in [3.63, 3.8) is 0 Å². The molecule has 0 atom stereocenters. The molecule has 1 amide bonds. The summed E-state index contributed by atoms with van der Waals surface area (Å²) in [5.74, 6) is 0.921. The van der Waals surface area contributed by atoms with E-state index in [1.54, 1.807) is 25.8 Å². The van der Waals surface area contributed by atoms with Crippen molar-refractivity contribution in [2.75, 3.05) is 13.7 Å². The summed E-state index contributed by atoms with van der Waals surface area (Å²) < 4.78 is 5.58. The molecule has 104 valence electrons. The number of carbonyl (C=O) groups is 1. The molecule has 2 N–H and O–H groups in total. The number of fused-ring (bicyclic) bond motifs is 1. The highest BCUT2D eigenvalue weighted by molar-refractivity contribution is 5.84. The Kier molecular flexibility index (Phi) is 3.80. The number of hydrogen-bond acceptors (Lipinski definition) is 3. The van der Waals surface area contributed by atoms with Crippen molar-refractivity contribution >= 4 is 5.91 Å². The first-order chi connectivity index (χ1) is 8.88. The van der Waals surface area contributed by atoms with Crippen LogP contribution >= 0.6 is 0 Å². The third kappa shape index (κ3) is 3.26. The fraction of sp³-hybridized carbons (Fsp3) is 0.533. The lowest BCUT2D eigenvalue weighted by Crippen LogP contribution is -2.49. The quantitative estimate of drug-likeness (QED) is 0.902. The molecule has 1 aliphatic heterocycles. The van der Waals surface area contributed by atoms with E-state index in [0.29, 0.717) is 6.54 Å². The topological polar surface area (TPSA) is 55.6 Å². The van der Waals surface area contributed by atoms with Crippen LogP contribution in [0.4, 0.5) is 0 Å². The molecule has 0 radical (unpaired) electrons. The first-order valence-electron chi connectivity index (χ1n) is 6.67. The summed E-state index contributed by atoms with van der Waals surface area (Å²) in [6.07, 6.45) is 2.10. The third-order valence-electron chi connectivity index (χ3n) is 3.29. The minimum atomic E-state index is -0.827. The predicted octanol–water partition coefficient (Wildman–Crippen LogP) is 1.71. The molecule has 0 aromatic heterocycles. The number of ether oxygens (including phenoxy) is 1. The molecule has 0 fully saturated rings. The largest absolute Gasteiger partial charge is 0.493 e. The van der Waals surface area contributed by atoms with E-state index in [0.717, 1.165) is 30.8 Å². The highest BCUT2D eigenvalue weighted by Gasteiger charge is 2.25. The lowest BCUT2D eigenvalue weighted by atomic mass is 10.0. The summed E-state index contributed by atoms with van der Waals surface area (Å²) >= 11 is 0. The number of amides is 1. The molecular formula is C15H22N2O2. The van der Waals surface area contributed by atoms with Crippen molar-refractivity contribution in [2.24, 2.45) is 5.73 Å². The Balaban J connectivity index is 2.09. The molecule has 0 saturated heterocycles. The highest BCUT2D eigenvalue weighted by atomic mass is 16.5. The zero-order chi connectivity index (χ0) is 14.0. The zero-order valence-electron chi connectivity index (χ0n) is 11.9. The van der Waals surface area contributed by atoms with Crippen LogP contribution in [-0.2, 0) is 17.8 Å². The van der Waals surface area contributed by atoms with Gasteiger partial charge in [0.05, 0.1) is 12.1 Å². The molecule has 0 bridgehead atoms. The number of nitrogens with two attached hydrogens (primary N) is 1. The first kappa shape index (κ1) is 13.9. The van der Waals surface area contributed by atoms with Gasteiger partial charge in [0, 0.05) is 13.6 Å². The van der Waals surface area contributed by atoms with Crippen LogP contribution in [0.3, 0.4) is 0 Å². The number of rotatable bonds is 3. The normalized spacial score (nSPS) is 14.5. The van der Waals surface area contributed by atoms with Crippen LogP contribution in [-0.4, -0.2) is 30.0 Å². The second-order valence-electron chi connectivity index (χ2n) is 5.78. The predicted molar refractivity (Wildman–Crippen MR) is 75.0 cm³/mol. The number of likely N-dealkylation sites (N-methyl/N-ethyl adjacent to an activating group) is 1. The molecule has 1 aromatic carbocycles. The Labute approximate surface area is 114 Å². The van der Waals surface area contributed by atoms with Gasteiger partial charge in [-0.3, -0.25) is 4.79 Å². The van der Waals surface area contributed by atoms with Crippen LogP contribution in [0.25, 0.3) is 0 Å². The van der Waals surface area contributed by atoms with Gasteiger partial charge < -0.3 is 15.4 Å². The Morgan fingerprint density at radius 2 is 2.21 bits per heavy atom. The van der Waals surface area contributed by atoms with Gasteiger partial charge in [-0.05, 0) is 43.9 Å². The van der Waals surface area contributed by atoms with Gasteiger partial charge in [0.2, 0.25) is 5.91 Å². The number of benzene rings is 1. The van der Waals surface area contributed by atoms with Crippen molar-refractivity contribution < 1.29 is 9.53 Å². The highest BCUT2D eigenvalue weighted by Crippen LogP contribution is 2.26. The summed E-state index contributed by atoms with van der Waals surface area (Å²) in [4.78, 5) is 13.7. The van der Waals surface area contributed by atoms with Gasteiger partial charge in [-0.25, -0.2) is 0 Å². The molecule has 1 aliphatic rings. The summed E-state index contributed by atoms with van der Waals surface area (Å²) in [5, 5.41) is 0. The van der Waals surface area contributed by atoms with Gasteiger partial charge in [-0.1, -0.05) is 12.1 Å². The SMILES string of the molecule is CN(Cc1ccc2c(c1)CCCO2)C(=O)C(C)(C)N. The number of nitrogens with zero attached hydrogens (tertiary/aromatic N) is 1. The van der Waals surface area contributed by atoms with E-state index in [1.165, 1.54) is 5.56 Å². The molecule has 0 aliphatic carbocycles. The lowest BCUT2D eigenvalue weighted by molar-refractivity contribution is -0.134. The van der Waals surface area contributed by atoms with E-state index in [2.05, 4.69) is 6.07 Å². The Hall–Kier alpha value is -1.55. The maximum absolute atomic E-state index is 12.0. The maximum atomic E-state index is 12.0. The van der Waals surface area contributed by atoms with Gasteiger partial charge >= 0.3 is 0 Å². The van der Waals surface area contributed by atoms with E-state index in [-0.39, 0.29) is 5.91 Å². The Morgan fingerprint density at radius 1 is 1.47 bits per heavy atom. The molecule has 0 spiro atoms. The average molecular weight is 262 g/mol. The first-order valence-corrected chi connectivity index (χ1v) is 6.67. The Morgan fingerprint density at radius 3 is 2.89 bits per heavy atom. The summed E-state index contributed by atoms with van der Waals surface area (Å²) in [7, 11) is 1.78. The van der Waals surface area contributed by atoms with Crippen molar-refractivity contribution in [2.45, 2.75) is 38.8 Å². The molecular weight excluding hydrogens is 240 g/mol. The molecule has 1 aromatic rings. The van der Waals surface area contributed by atoms with Crippen LogP contribution < -0.4 is 10.5 Å². The van der Waals surface area contributed by atoms with Gasteiger partial charge in [0.25, 0.3) is 0 Å². The minimum absolute atomic E-state index is 0.0542. The van der Waals surface area contributed by atoms with E-state index < -0.39 is 5.54 Å². The zero-order valence-corrected chi connectivity index (χ0v) is 11.9. The van der Waals surface area contributed by atoms with E-state index in [1.807, 2.05) is 12.1 Å².